The minimum absolute atomic E-state index is 0.140. The Bertz CT molecular complexity index is 992. The molecule has 0 atom stereocenters. The first-order valence-electron chi connectivity index (χ1n) is 9.37. The van der Waals surface area contributed by atoms with Gasteiger partial charge in [0, 0.05) is 6.42 Å². The zero-order valence-corrected chi connectivity index (χ0v) is 17.5. The number of esters is 2. The van der Waals surface area contributed by atoms with Crippen LogP contribution in [-0.2, 0) is 14.3 Å². The molecule has 0 fully saturated rings. The predicted molar refractivity (Wildman–Crippen MR) is 112 cm³/mol. The molecule has 162 valence electrons. The SMILES string of the molecule is COC(=O)/C(C#N)=C/c1ccc(OC(=O)CCCOc2ccccc2OC)c(OC)c1. The molecule has 0 saturated carbocycles. The number of methoxy groups -OCH3 is 3. The van der Waals surface area contributed by atoms with E-state index in [2.05, 4.69) is 4.74 Å². The van der Waals surface area contributed by atoms with Gasteiger partial charge in [0.1, 0.15) is 11.6 Å². The van der Waals surface area contributed by atoms with Gasteiger partial charge in [-0.25, -0.2) is 4.79 Å². The number of nitrogens with zero attached hydrogens (tertiary/aromatic N) is 1. The van der Waals surface area contributed by atoms with Gasteiger partial charge < -0.3 is 23.7 Å². The number of carbonyl (C=O) groups excluding carboxylic acids is 2. The fraction of sp³-hybridized carbons (Fsp3) is 0.261. The smallest absolute Gasteiger partial charge is 0.348 e. The van der Waals surface area contributed by atoms with Crippen LogP contribution in [0.4, 0.5) is 0 Å². The van der Waals surface area contributed by atoms with Crippen molar-refractivity contribution in [2.24, 2.45) is 0 Å². The van der Waals surface area contributed by atoms with E-state index in [1.54, 1.807) is 37.4 Å². The Morgan fingerprint density at radius 1 is 0.968 bits per heavy atom. The highest BCUT2D eigenvalue weighted by atomic mass is 16.6. The number of para-hydroxylation sites is 2. The summed E-state index contributed by atoms with van der Waals surface area (Å²) in [6, 6.07) is 13.7. The van der Waals surface area contributed by atoms with Crippen molar-refractivity contribution in [1.29, 1.82) is 5.26 Å². The van der Waals surface area contributed by atoms with Crippen LogP contribution in [0.3, 0.4) is 0 Å². The van der Waals surface area contributed by atoms with E-state index < -0.39 is 11.9 Å². The van der Waals surface area contributed by atoms with Gasteiger partial charge >= 0.3 is 11.9 Å². The van der Waals surface area contributed by atoms with Crippen LogP contribution in [0.25, 0.3) is 6.08 Å². The topological polar surface area (TPSA) is 104 Å². The number of hydrogen-bond donors (Lipinski definition) is 0. The highest BCUT2D eigenvalue weighted by Crippen LogP contribution is 2.30. The van der Waals surface area contributed by atoms with E-state index in [9.17, 15) is 9.59 Å². The molecule has 0 amide bonds. The van der Waals surface area contributed by atoms with Crippen LogP contribution in [0.2, 0.25) is 0 Å². The van der Waals surface area contributed by atoms with Crippen molar-refractivity contribution in [2.75, 3.05) is 27.9 Å². The van der Waals surface area contributed by atoms with Gasteiger partial charge in [0.2, 0.25) is 0 Å². The maximum atomic E-state index is 12.2. The summed E-state index contributed by atoms with van der Waals surface area (Å²) >= 11 is 0. The van der Waals surface area contributed by atoms with Gasteiger partial charge in [-0.1, -0.05) is 18.2 Å². The fourth-order valence-electron chi connectivity index (χ4n) is 2.58. The molecule has 0 aromatic heterocycles. The Kier molecular flexibility index (Phi) is 8.92. The number of benzene rings is 2. The lowest BCUT2D eigenvalue weighted by molar-refractivity contribution is -0.136. The fourth-order valence-corrected chi connectivity index (χ4v) is 2.58. The second-order valence-corrected chi connectivity index (χ2v) is 6.15. The Morgan fingerprint density at radius 2 is 1.68 bits per heavy atom. The van der Waals surface area contributed by atoms with Crippen molar-refractivity contribution in [3.8, 4) is 29.1 Å². The molecular weight excluding hydrogens is 402 g/mol. The van der Waals surface area contributed by atoms with Crippen molar-refractivity contribution < 1.29 is 33.3 Å². The first-order chi connectivity index (χ1) is 15.0. The first-order valence-corrected chi connectivity index (χ1v) is 9.37. The van der Waals surface area contributed by atoms with Gasteiger partial charge in [0.25, 0.3) is 0 Å². The molecule has 0 radical (unpaired) electrons. The summed E-state index contributed by atoms with van der Waals surface area (Å²) in [5, 5.41) is 9.06. The number of hydrogen-bond acceptors (Lipinski definition) is 8. The average molecular weight is 425 g/mol. The molecule has 0 spiro atoms. The Balaban J connectivity index is 1.94. The molecule has 0 aliphatic rings. The standard InChI is InChI=1S/C23H23NO7/c1-27-18-7-4-5-8-19(18)30-12-6-9-22(25)31-20-11-10-16(14-21(20)28-2)13-17(15-24)23(26)29-3/h4-5,7-8,10-11,13-14H,6,9,12H2,1-3H3/b17-13+. The van der Waals surface area contributed by atoms with Crippen LogP contribution in [0.1, 0.15) is 18.4 Å². The molecule has 2 aromatic rings. The maximum Gasteiger partial charge on any atom is 0.348 e. The lowest BCUT2D eigenvalue weighted by Crippen LogP contribution is -2.11. The summed E-state index contributed by atoms with van der Waals surface area (Å²) in [4.78, 5) is 23.7. The van der Waals surface area contributed by atoms with Gasteiger partial charge in [-0.3, -0.25) is 4.79 Å². The van der Waals surface area contributed by atoms with Crippen LogP contribution >= 0.6 is 0 Å². The van der Waals surface area contributed by atoms with E-state index in [1.165, 1.54) is 26.4 Å². The summed E-state index contributed by atoms with van der Waals surface area (Å²) in [5.41, 5.74) is 0.355. The lowest BCUT2D eigenvalue weighted by atomic mass is 10.1. The highest BCUT2D eigenvalue weighted by molar-refractivity contribution is 5.97. The van der Waals surface area contributed by atoms with Gasteiger partial charge in [0.05, 0.1) is 27.9 Å². The third-order valence-corrected chi connectivity index (χ3v) is 4.10. The minimum Gasteiger partial charge on any atom is -0.493 e. The molecule has 8 heteroatoms. The Labute approximate surface area is 180 Å². The molecule has 0 unspecified atom stereocenters. The molecule has 0 bridgehead atoms. The Hall–Kier alpha value is -3.99. The molecule has 0 aliphatic carbocycles. The van der Waals surface area contributed by atoms with Crippen LogP contribution in [0, 0.1) is 11.3 Å². The highest BCUT2D eigenvalue weighted by Gasteiger charge is 2.13. The van der Waals surface area contributed by atoms with Gasteiger partial charge in [0.15, 0.2) is 23.0 Å². The molecule has 8 nitrogen and oxygen atoms in total. The lowest BCUT2D eigenvalue weighted by Gasteiger charge is -2.11. The van der Waals surface area contributed by atoms with E-state index in [0.29, 0.717) is 30.1 Å². The van der Waals surface area contributed by atoms with E-state index >= 15 is 0 Å². The maximum absolute atomic E-state index is 12.2. The zero-order valence-electron chi connectivity index (χ0n) is 17.5. The molecule has 0 heterocycles. The summed E-state index contributed by atoms with van der Waals surface area (Å²) in [7, 11) is 4.18. The summed E-state index contributed by atoms with van der Waals surface area (Å²) < 4.78 is 26.0. The average Bonchev–Trinajstić information content (AvgIpc) is 2.80. The molecule has 0 aliphatic heterocycles. The van der Waals surface area contributed by atoms with Crippen molar-refractivity contribution in [2.45, 2.75) is 12.8 Å². The Morgan fingerprint density at radius 3 is 2.32 bits per heavy atom. The summed E-state index contributed by atoms with van der Waals surface area (Å²) in [6.07, 6.45) is 1.95. The zero-order chi connectivity index (χ0) is 22.6. The monoisotopic (exact) mass is 425 g/mol. The molecule has 0 N–H and O–H groups in total. The normalized spacial score (nSPS) is 10.6. The van der Waals surface area contributed by atoms with E-state index in [4.69, 9.17) is 24.2 Å². The van der Waals surface area contributed by atoms with Crippen LogP contribution in [0.5, 0.6) is 23.0 Å². The van der Waals surface area contributed by atoms with Gasteiger partial charge in [-0.2, -0.15) is 5.26 Å². The number of carbonyl (C=O) groups is 2. The van der Waals surface area contributed by atoms with Crippen LogP contribution in [-0.4, -0.2) is 39.9 Å². The third-order valence-electron chi connectivity index (χ3n) is 4.10. The number of ether oxygens (including phenoxy) is 5. The first kappa shape index (κ1) is 23.3. The summed E-state index contributed by atoms with van der Waals surface area (Å²) in [5.74, 6) is 0.550. The molecule has 2 rings (SSSR count). The third kappa shape index (κ3) is 6.78. The number of nitriles is 1. The van der Waals surface area contributed by atoms with E-state index in [-0.39, 0.29) is 23.5 Å². The predicted octanol–water partition coefficient (Wildman–Crippen LogP) is 3.55. The van der Waals surface area contributed by atoms with Crippen LogP contribution in [0.15, 0.2) is 48.0 Å². The largest absolute Gasteiger partial charge is 0.493 e. The van der Waals surface area contributed by atoms with Crippen LogP contribution < -0.4 is 18.9 Å². The molecular formula is C23H23NO7. The summed E-state index contributed by atoms with van der Waals surface area (Å²) in [6.45, 7) is 0.320. The second-order valence-electron chi connectivity index (χ2n) is 6.15. The second kappa shape index (κ2) is 11.9. The minimum atomic E-state index is -0.743. The van der Waals surface area contributed by atoms with Crippen molar-refractivity contribution in [3.05, 3.63) is 53.6 Å². The van der Waals surface area contributed by atoms with Gasteiger partial charge in [-0.15, -0.1) is 0 Å². The molecule has 31 heavy (non-hydrogen) atoms. The van der Waals surface area contributed by atoms with Crippen molar-refractivity contribution >= 4 is 18.0 Å². The van der Waals surface area contributed by atoms with E-state index in [0.717, 1.165) is 0 Å². The van der Waals surface area contributed by atoms with Crippen molar-refractivity contribution in [3.63, 3.8) is 0 Å². The number of rotatable bonds is 10. The van der Waals surface area contributed by atoms with E-state index in [1.807, 2.05) is 12.1 Å². The quantitative estimate of drug-likeness (QED) is 0.187. The van der Waals surface area contributed by atoms with Gasteiger partial charge in [-0.05, 0) is 42.3 Å². The van der Waals surface area contributed by atoms with Crippen molar-refractivity contribution in [1.82, 2.24) is 0 Å². The molecule has 0 saturated heterocycles. The molecule has 2 aromatic carbocycles.